The average molecular weight is 200 g/mol. The van der Waals surface area contributed by atoms with Crippen LogP contribution in [0.15, 0.2) is 18.2 Å². The van der Waals surface area contributed by atoms with Gasteiger partial charge in [0.1, 0.15) is 5.75 Å². The van der Waals surface area contributed by atoms with Crippen molar-refractivity contribution in [3.8, 4) is 5.75 Å². The lowest BCUT2D eigenvalue weighted by molar-refractivity contribution is 0.414. The lowest BCUT2D eigenvalue weighted by Crippen LogP contribution is -2.17. The zero-order chi connectivity index (χ0) is 9.84. The van der Waals surface area contributed by atoms with Gasteiger partial charge in [0, 0.05) is 11.1 Å². The van der Waals surface area contributed by atoms with E-state index in [-0.39, 0.29) is 6.04 Å². The number of ether oxygens (including phenoxy) is 1. The topological polar surface area (TPSA) is 35.2 Å². The Hall–Kier alpha value is -0.730. The van der Waals surface area contributed by atoms with Crippen LogP contribution in [0.25, 0.3) is 0 Å². The average Bonchev–Trinajstić information content (AvgIpc) is 2.08. The second-order valence-corrected chi connectivity index (χ2v) is 3.55. The zero-order valence-electron chi connectivity index (χ0n) is 7.88. The molecule has 0 aliphatic heterocycles. The molecule has 0 heterocycles. The van der Waals surface area contributed by atoms with Crippen molar-refractivity contribution in [2.24, 2.45) is 5.73 Å². The van der Waals surface area contributed by atoms with Crippen molar-refractivity contribution in [1.29, 1.82) is 0 Å². The first kappa shape index (κ1) is 10.4. The van der Waals surface area contributed by atoms with Crippen LogP contribution in [-0.4, -0.2) is 13.2 Å². The first-order chi connectivity index (χ1) is 6.13. The van der Waals surface area contributed by atoms with Gasteiger partial charge >= 0.3 is 0 Å². The minimum Gasteiger partial charge on any atom is -0.497 e. The fourth-order valence-electron chi connectivity index (χ4n) is 1.17. The summed E-state index contributed by atoms with van der Waals surface area (Å²) in [4.78, 5) is 0. The second kappa shape index (κ2) is 4.49. The van der Waals surface area contributed by atoms with Gasteiger partial charge < -0.3 is 10.5 Å². The summed E-state index contributed by atoms with van der Waals surface area (Å²) in [6, 6.07) is 5.78. The van der Waals surface area contributed by atoms with Gasteiger partial charge in [-0.3, -0.25) is 0 Å². The van der Waals surface area contributed by atoms with Crippen LogP contribution in [-0.2, 0) is 6.42 Å². The van der Waals surface area contributed by atoms with E-state index in [1.807, 2.05) is 19.1 Å². The van der Waals surface area contributed by atoms with E-state index >= 15 is 0 Å². The number of methoxy groups -OCH3 is 1. The van der Waals surface area contributed by atoms with E-state index in [0.29, 0.717) is 0 Å². The van der Waals surface area contributed by atoms with Crippen LogP contribution < -0.4 is 10.5 Å². The van der Waals surface area contributed by atoms with Gasteiger partial charge in [-0.1, -0.05) is 17.7 Å². The fraction of sp³-hybridized carbons (Fsp3) is 0.400. The normalized spacial score (nSPS) is 12.6. The molecular formula is C10H14ClNO. The van der Waals surface area contributed by atoms with Gasteiger partial charge in [-0.25, -0.2) is 0 Å². The van der Waals surface area contributed by atoms with Crippen LogP contribution in [0.1, 0.15) is 12.5 Å². The Bertz CT molecular complexity index is 286. The largest absolute Gasteiger partial charge is 0.497 e. The molecule has 0 amide bonds. The van der Waals surface area contributed by atoms with Crippen LogP contribution in [0.4, 0.5) is 0 Å². The molecule has 0 radical (unpaired) electrons. The van der Waals surface area contributed by atoms with Gasteiger partial charge in [0.2, 0.25) is 0 Å². The van der Waals surface area contributed by atoms with E-state index in [0.717, 1.165) is 22.8 Å². The molecule has 0 spiro atoms. The van der Waals surface area contributed by atoms with Gasteiger partial charge in [-0.2, -0.15) is 0 Å². The van der Waals surface area contributed by atoms with Crippen LogP contribution in [0.3, 0.4) is 0 Å². The van der Waals surface area contributed by atoms with Crippen molar-refractivity contribution in [2.45, 2.75) is 19.4 Å². The monoisotopic (exact) mass is 199 g/mol. The first-order valence-electron chi connectivity index (χ1n) is 4.21. The molecule has 13 heavy (non-hydrogen) atoms. The number of nitrogens with two attached hydrogens (primary N) is 1. The second-order valence-electron chi connectivity index (χ2n) is 3.14. The minimum atomic E-state index is 0.130. The molecule has 1 aromatic carbocycles. The van der Waals surface area contributed by atoms with Crippen molar-refractivity contribution < 1.29 is 4.74 Å². The Balaban J connectivity index is 2.85. The van der Waals surface area contributed by atoms with Gasteiger partial charge in [-0.15, -0.1) is 0 Å². The maximum Gasteiger partial charge on any atom is 0.120 e. The number of benzene rings is 1. The molecule has 3 heteroatoms. The van der Waals surface area contributed by atoms with Crippen molar-refractivity contribution in [3.05, 3.63) is 28.8 Å². The maximum atomic E-state index is 6.02. The lowest BCUT2D eigenvalue weighted by atomic mass is 10.1. The summed E-state index contributed by atoms with van der Waals surface area (Å²) < 4.78 is 5.04. The highest BCUT2D eigenvalue weighted by molar-refractivity contribution is 6.31. The number of hydrogen-bond acceptors (Lipinski definition) is 2. The van der Waals surface area contributed by atoms with Gasteiger partial charge in [-0.05, 0) is 31.0 Å². The summed E-state index contributed by atoms with van der Waals surface area (Å²) in [5.74, 6) is 0.776. The molecule has 0 bridgehead atoms. The Morgan fingerprint density at radius 1 is 1.54 bits per heavy atom. The zero-order valence-corrected chi connectivity index (χ0v) is 8.64. The third-order valence-electron chi connectivity index (χ3n) is 1.80. The summed E-state index contributed by atoms with van der Waals surface area (Å²) in [5.41, 5.74) is 6.74. The Morgan fingerprint density at radius 2 is 2.23 bits per heavy atom. The van der Waals surface area contributed by atoms with Gasteiger partial charge in [0.25, 0.3) is 0 Å². The molecule has 0 fully saturated rings. The molecule has 0 saturated carbocycles. The van der Waals surface area contributed by atoms with Gasteiger partial charge in [0.15, 0.2) is 0 Å². The molecule has 72 valence electrons. The summed E-state index contributed by atoms with van der Waals surface area (Å²) >= 11 is 6.02. The molecule has 0 aromatic heterocycles. The third-order valence-corrected chi connectivity index (χ3v) is 2.15. The SMILES string of the molecule is COc1ccc(C[C@@H](C)N)c(Cl)c1. The summed E-state index contributed by atoms with van der Waals surface area (Å²) in [6.07, 6.45) is 0.794. The van der Waals surface area contributed by atoms with E-state index in [9.17, 15) is 0 Å². The fourth-order valence-corrected chi connectivity index (χ4v) is 1.42. The Morgan fingerprint density at radius 3 is 2.69 bits per heavy atom. The number of rotatable bonds is 3. The van der Waals surface area contributed by atoms with Crippen LogP contribution >= 0.6 is 11.6 Å². The highest BCUT2D eigenvalue weighted by atomic mass is 35.5. The summed E-state index contributed by atoms with van der Waals surface area (Å²) in [5, 5.41) is 0.719. The Kier molecular flexibility index (Phi) is 3.58. The van der Waals surface area contributed by atoms with E-state index < -0.39 is 0 Å². The molecule has 2 N–H and O–H groups in total. The molecule has 1 atom stereocenters. The van der Waals surface area contributed by atoms with Gasteiger partial charge in [0.05, 0.1) is 7.11 Å². The van der Waals surface area contributed by atoms with E-state index in [1.54, 1.807) is 13.2 Å². The summed E-state index contributed by atoms with van der Waals surface area (Å²) in [7, 11) is 1.62. The predicted octanol–water partition coefficient (Wildman–Crippen LogP) is 2.24. The molecule has 1 aromatic rings. The standard InChI is InChI=1S/C10H14ClNO/c1-7(12)5-8-3-4-9(13-2)6-10(8)11/h3-4,6-7H,5,12H2,1-2H3/t7-/m1/s1. The smallest absolute Gasteiger partial charge is 0.120 e. The van der Waals surface area contributed by atoms with Crippen molar-refractivity contribution >= 4 is 11.6 Å². The van der Waals surface area contributed by atoms with E-state index in [1.165, 1.54) is 0 Å². The molecule has 0 saturated heterocycles. The molecule has 0 aliphatic rings. The quantitative estimate of drug-likeness (QED) is 0.811. The Labute approximate surface area is 83.6 Å². The number of hydrogen-bond donors (Lipinski definition) is 1. The highest BCUT2D eigenvalue weighted by Gasteiger charge is 2.04. The lowest BCUT2D eigenvalue weighted by Gasteiger charge is -2.08. The van der Waals surface area contributed by atoms with Crippen molar-refractivity contribution in [3.63, 3.8) is 0 Å². The molecular weight excluding hydrogens is 186 g/mol. The van der Waals surface area contributed by atoms with Crippen LogP contribution in [0, 0.1) is 0 Å². The number of halogens is 1. The minimum absolute atomic E-state index is 0.130. The third kappa shape index (κ3) is 2.90. The van der Waals surface area contributed by atoms with Crippen molar-refractivity contribution in [2.75, 3.05) is 7.11 Å². The predicted molar refractivity (Wildman–Crippen MR) is 55.4 cm³/mol. The molecule has 2 nitrogen and oxygen atoms in total. The molecule has 0 unspecified atom stereocenters. The first-order valence-corrected chi connectivity index (χ1v) is 4.59. The maximum absolute atomic E-state index is 6.02. The molecule has 0 aliphatic carbocycles. The highest BCUT2D eigenvalue weighted by Crippen LogP contribution is 2.22. The van der Waals surface area contributed by atoms with E-state index in [2.05, 4.69) is 0 Å². The van der Waals surface area contributed by atoms with Crippen LogP contribution in [0.5, 0.6) is 5.75 Å². The van der Waals surface area contributed by atoms with Crippen molar-refractivity contribution in [1.82, 2.24) is 0 Å². The van der Waals surface area contributed by atoms with Crippen LogP contribution in [0.2, 0.25) is 5.02 Å². The van der Waals surface area contributed by atoms with E-state index in [4.69, 9.17) is 22.1 Å². The summed E-state index contributed by atoms with van der Waals surface area (Å²) in [6.45, 7) is 1.96. The molecule has 1 rings (SSSR count).